The molecule has 25 heavy (non-hydrogen) atoms. The van der Waals surface area contributed by atoms with Crippen molar-refractivity contribution in [2.45, 2.75) is 59.5 Å². The minimum absolute atomic E-state index is 0.332. The van der Waals surface area contributed by atoms with Crippen LogP contribution in [0.15, 0.2) is 4.99 Å². The highest BCUT2D eigenvalue weighted by Gasteiger charge is 2.21. The van der Waals surface area contributed by atoms with Crippen LogP contribution in [0.1, 0.15) is 40.6 Å². The Hall–Kier alpha value is -1.96. The maximum atomic E-state index is 4.74. The maximum Gasteiger partial charge on any atom is 0.191 e. The van der Waals surface area contributed by atoms with Gasteiger partial charge in [-0.25, -0.2) is 14.6 Å². The molecule has 3 heterocycles. The minimum atomic E-state index is 0.332. The summed E-state index contributed by atoms with van der Waals surface area (Å²) >= 11 is 1.77. The molecule has 3 rings (SSSR count). The van der Waals surface area contributed by atoms with Crippen molar-refractivity contribution >= 4 is 17.3 Å². The first-order valence-corrected chi connectivity index (χ1v) is 9.75. The highest BCUT2D eigenvalue weighted by Crippen LogP contribution is 2.17. The summed E-state index contributed by atoms with van der Waals surface area (Å²) in [6, 6.07) is 0.332. The van der Waals surface area contributed by atoms with Gasteiger partial charge in [0.2, 0.25) is 0 Å². The average molecular weight is 362 g/mol. The molecule has 1 aliphatic rings. The van der Waals surface area contributed by atoms with E-state index < -0.39 is 0 Å². The number of aliphatic imine (C=N–C) groups is 1. The third-order valence-electron chi connectivity index (χ3n) is 4.26. The van der Waals surface area contributed by atoms with E-state index in [0.29, 0.717) is 6.04 Å². The number of aryl methyl sites for hydroxylation is 4. The Balaban J connectivity index is 1.58. The molecule has 0 saturated heterocycles. The summed E-state index contributed by atoms with van der Waals surface area (Å²) < 4.78 is 2.02. The molecule has 0 spiro atoms. The number of hydrogen-bond donors (Lipinski definition) is 2. The SMILES string of the molecule is CCNC(=NCCc1sc(C)nc1C)NC1CCc2nc(C)nn2C1. The van der Waals surface area contributed by atoms with Gasteiger partial charge in [-0.05, 0) is 34.1 Å². The van der Waals surface area contributed by atoms with E-state index in [1.165, 1.54) is 4.88 Å². The number of fused-ring (bicyclic) bond motifs is 1. The number of thiazole rings is 1. The normalized spacial score (nSPS) is 17.4. The van der Waals surface area contributed by atoms with Crippen LogP contribution in [0.25, 0.3) is 0 Å². The zero-order valence-corrected chi connectivity index (χ0v) is 16.3. The molecule has 1 atom stereocenters. The van der Waals surface area contributed by atoms with Gasteiger partial charge in [0, 0.05) is 36.9 Å². The lowest BCUT2D eigenvalue weighted by Crippen LogP contribution is -2.47. The Labute approximate surface area is 153 Å². The van der Waals surface area contributed by atoms with Crippen LogP contribution in [-0.2, 0) is 19.4 Å². The van der Waals surface area contributed by atoms with Crippen molar-refractivity contribution in [2.75, 3.05) is 13.1 Å². The summed E-state index contributed by atoms with van der Waals surface area (Å²) in [4.78, 5) is 15.0. The monoisotopic (exact) mass is 361 g/mol. The number of rotatable bonds is 5. The van der Waals surface area contributed by atoms with Gasteiger partial charge in [-0.15, -0.1) is 11.3 Å². The van der Waals surface area contributed by atoms with Crippen molar-refractivity contribution in [1.82, 2.24) is 30.4 Å². The summed E-state index contributed by atoms with van der Waals surface area (Å²) in [7, 11) is 0. The van der Waals surface area contributed by atoms with Crippen molar-refractivity contribution < 1.29 is 0 Å². The molecule has 0 radical (unpaired) electrons. The Bertz CT molecular complexity index is 746. The zero-order chi connectivity index (χ0) is 17.8. The number of guanidine groups is 1. The van der Waals surface area contributed by atoms with Gasteiger partial charge in [0.1, 0.15) is 11.6 Å². The minimum Gasteiger partial charge on any atom is -0.357 e. The van der Waals surface area contributed by atoms with Crippen molar-refractivity contribution in [2.24, 2.45) is 4.99 Å². The summed E-state index contributed by atoms with van der Waals surface area (Å²) in [5, 5.41) is 12.5. The number of aromatic nitrogens is 4. The molecule has 7 nitrogen and oxygen atoms in total. The van der Waals surface area contributed by atoms with E-state index in [0.717, 1.165) is 67.2 Å². The van der Waals surface area contributed by atoms with Gasteiger partial charge in [-0.1, -0.05) is 0 Å². The van der Waals surface area contributed by atoms with E-state index in [4.69, 9.17) is 4.99 Å². The van der Waals surface area contributed by atoms with E-state index in [2.05, 4.69) is 46.5 Å². The van der Waals surface area contributed by atoms with Crippen molar-refractivity contribution in [3.05, 3.63) is 27.2 Å². The van der Waals surface area contributed by atoms with Crippen LogP contribution in [0.2, 0.25) is 0 Å². The topological polar surface area (TPSA) is 80.0 Å². The lowest BCUT2D eigenvalue weighted by molar-refractivity contribution is 0.392. The van der Waals surface area contributed by atoms with Crippen molar-refractivity contribution in [3.63, 3.8) is 0 Å². The first-order chi connectivity index (χ1) is 12.0. The molecule has 0 fully saturated rings. The average Bonchev–Trinajstić information content (AvgIpc) is 3.08. The van der Waals surface area contributed by atoms with Gasteiger partial charge in [-0.2, -0.15) is 5.10 Å². The van der Waals surface area contributed by atoms with Crippen LogP contribution in [0.5, 0.6) is 0 Å². The first-order valence-electron chi connectivity index (χ1n) is 8.93. The largest absolute Gasteiger partial charge is 0.357 e. The van der Waals surface area contributed by atoms with E-state index in [1.54, 1.807) is 11.3 Å². The maximum absolute atomic E-state index is 4.74. The molecule has 1 unspecified atom stereocenters. The molecular weight excluding hydrogens is 334 g/mol. The highest BCUT2D eigenvalue weighted by molar-refractivity contribution is 7.11. The van der Waals surface area contributed by atoms with Gasteiger partial charge >= 0.3 is 0 Å². The van der Waals surface area contributed by atoms with Crippen LogP contribution in [0, 0.1) is 20.8 Å². The van der Waals surface area contributed by atoms with E-state index in [-0.39, 0.29) is 0 Å². The fourth-order valence-corrected chi connectivity index (χ4v) is 4.07. The molecule has 2 N–H and O–H groups in total. The molecule has 8 heteroatoms. The molecule has 1 aliphatic heterocycles. The summed E-state index contributed by atoms with van der Waals surface area (Å²) in [6.07, 6.45) is 2.94. The van der Waals surface area contributed by atoms with Gasteiger partial charge in [0.05, 0.1) is 17.2 Å². The van der Waals surface area contributed by atoms with Crippen molar-refractivity contribution in [1.29, 1.82) is 0 Å². The second-order valence-corrected chi connectivity index (χ2v) is 7.68. The Morgan fingerprint density at radius 3 is 2.88 bits per heavy atom. The molecule has 0 aliphatic carbocycles. The quantitative estimate of drug-likeness (QED) is 0.627. The number of nitrogens with zero attached hydrogens (tertiary/aromatic N) is 5. The van der Waals surface area contributed by atoms with Crippen LogP contribution in [0.3, 0.4) is 0 Å². The molecular formula is C17H27N7S. The van der Waals surface area contributed by atoms with Gasteiger partial charge in [0.25, 0.3) is 0 Å². The van der Waals surface area contributed by atoms with Gasteiger partial charge < -0.3 is 10.6 Å². The fourth-order valence-electron chi connectivity index (χ4n) is 3.14. The van der Waals surface area contributed by atoms with Gasteiger partial charge in [-0.3, -0.25) is 4.99 Å². The lowest BCUT2D eigenvalue weighted by Gasteiger charge is -2.25. The Kier molecular flexibility index (Phi) is 5.67. The smallest absolute Gasteiger partial charge is 0.191 e. The van der Waals surface area contributed by atoms with E-state index in [9.17, 15) is 0 Å². The molecule has 0 aromatic carbocycles. The molecule has 2 aromatic heterocycles. The molecule has 0 saturated carbocycles. The van der Waals surface area contributed by atoms with Crippen LogP contribution in [0.4, 0.5) is 0 Å². The Morgan fingerprint density at radius 1 is 1.32 bits per heavy atom. The Morgan fingerprint density at radius 2 is 2.16 bits per heavy atom. The summed E-state index contributed by atoms with van der Waals surface area (Å²) in [5.41, 5.74) is 1.14. The van der Waals surface area contributed by atoms with E-state index >= 15 is 0 Å². The van der Waals surface area contributed by atoms with Crippen LogP contribution in [-0.4, -0.2) is 44.8 Å². The second kappa shape index (κ2) is 7.95. The summed E-state index contributed by atoms with van der Waals surface area (Å²) in [5.74, 6) is 2.83. The number of nitrogens with one attached hydrogen (secondary N) is 2. The molecule has 0 amide bonds. The van der Waals surface area contributed by atoms with Crippen LogP contribution < -0.4 is 10.6 Å². The highest BCUT2D eigenvalue weighted by atomic mass is 32.1. The molecule has 136 valence electrons. The predicted octanol–water partition coefficient (Wildman–Crippen LogP) is 1.77. The lowest BCUT2D eigenvalue weighted by atomic mass is 10.1. The first kappa shape index (κ1) is 17.8. The molecule has 0 bridgehead atoms. The molecule has 2 aromatic rings. The van der Waals surface area contributed by atoms with Crippen LogP contribution >= 0.6 is 11.3 Å². The fraction of sp³-hybridized carbons (Fsp3) is 0.647. The third kappa shape index (κ3) is 4.56. The number of hydrogen-bond acceptors (Lipinski definition) is 5. The zero-order valence-electron chi connectivity index (χ0n) is 15.5. The third-order valence-corrected chi connectivity index (χ3v) is 5.39. The predicted molar refractivity (Wildman–Crippen MR) is 101 cm³/mol. The van der Waals surface area contributed by atoms with Gasteiger partial charge in [0.15, 0.2) is 5.96 Å². The second-order valence-electron chi connectivity index (χ2n) is 6.39. The van der Waals surface area contributed by atoms with Crippen molar-refractivity contribution in [3.8, 4) is 0 Å². The van der Waals surface area contributed by atoms with E-state index in [1.807, 2.05) is 11.6 Å². The summed E-state index contributed by atoms with van der Waals surface area (Å²) in [6.45, 7) is 10.6. The standard InChI is InChI=1S/C17H27N7S/c1-5-18-17(19-9-8-15-11(2)20-13(4)25-15)22-14-6-7-16-21-12(3)23-24(16)10-14/h14H,5-10H2,1-4H3,(H2,18,19,22).